The van der Waals surface area contributed by atoms with E-state index < -0.39 is 0 Å². The number of aliphatic imine (C=N–C) groups is 1. The van der Waals surface area contributed by atoms with Gasteiger partial charge in [-0.15, -0.1) is 0 Å². The molecule has 6 nitrogen and oxygen atoms in total. The Balaban J connectivity index is 1.99. The third kappa shape index (κ3) is 7.43. The van der Waals surface area contributed by atoms with Crippen molar-refractivity contribution in [2.45, 2.75) is 57.4 Å². The minimum absolute atomic E-state index is 0.0221. The van der Waals surface area contributed by atoms with Crippen molar-refractivity contribution >= 4 is 17.7 Å². The first-order chi connectivity index (χ1) is 13.7. The van der Waals surface area contributed by atoms with Crippen LogP contribution in [0.3, 0.4) is 0 Å². The molecule has 1 aromatic carbocycles. The molecule has 1 aliphatic rings. The highest BCUT2D eigenvalue weighted by Crippen LogP contribution is 2.29. The number of aliphatic hydroxyl groups is 1. The Morgan fingerprint density at radius 1 is 1.29 bits per heavy atom. The molecule has 0 amide bonds. The number of guanidine groups is 1. The summed E-state index contributed by atoms with van der Waals surface area (Å²) in [6.45, 7) is 5.95. The van der Waals surface area contributed by atoms with E-state index in [1.807, 2.05) is 18.2 Å². The highest BCUT2D eigenvalue weighted by molar-refractivity contribution is 7.99. The monoisotopic (exact) mass is 409 g/mol. The van der Waals surface area contributed by atoms with Crippen LogP contribution in [0.15, 0.2) is 23.2 Å². The molecule has 158 valence electrons. The molecule has 7 heteroatoms. The third-order valence-corrected chi connectivity index (χ3v) is 5.94. The van der Waals surface area contributed by atoms with Crippen LogP contribution in [0.1, 0.15) is 45.1 Å². The van der Waals surface area contributed by atoms with Crippen LogP contribution in [-0.2, 0) is 6.54 Å². The first-order valence-electron chi connectivity index (χ1n) is 10.3. The predicted molar refractivity (Wildman–Crippen MR) is 118 cm³/mol. The third-order valence-electron chi connectivity index (χ3n) is 4.71. The van der Waals surface area contributed by atoms with Gasteiger partial charge in [0.05, 0.1) is 20.3 Å². The summed E-state index contributed by atoms with van der Waals surface area (Å²) >= 11 is 2.08. The van der Waals surface area contributed by atoms with Crippen LogP contribution in [0, 0.1) is 0 Å². The Labute approximate surface area is 173 Å². The van der Waals surface area contributed by atoms with Gasteiger partial charge in [-0.25, -0.2) is 4.99 Å². The smallest absolute Gasteiger partial charge is 0.191 e. The van der Waals surface area contributed by atoms with E-state index in [-0.39, 0.29) is 13.2 Å². The molecule has 0 bridgehead atoms. The summed E-state index contributed by atoms with van der Waals surface area (Å²) in [6.07, 6.45) is 5.01. The van der Waals surface area contributed by atoms with Crippen molar-refractivity contribution in [2.75, 3.05) is 32.6 Å². The molecule has 0 heterocycles. The van der Waals surface area contributed by atoms with Gasteiger partial charge in [0.2, 0.25) is 0 Å². The number of aliphatic hydroxyl groups excluding tert-OH is 1. The van der Waals surface area contributed by atoms with Crippen molar-refractivity contribution in [1.82, 2.24) is 10.6 Å². The number of thioether (sulfide) groups is 1. The van der Waals surface area contributed by atoms with E-state index in [1.165, 1.54) is 31.4 Å². The normalized spacial score (nSPS) is 19.9. The van der Waals surface area contributed by atoms with Gasteiger partial charge in [0.25, 0.3) is 0 Å². The molecule has 2 rings (SSSR count). The summed E-state index contributed by atoms with van der Waals surface area (Å²) in [7, 11) is 1.62. The lowest BCUT2D eigenvalue weighted by Gasteiger charge is -2.30. The molecule has 0 radical (unpaired) electrons. The lowest BCUT2D eigenvalue weighted by molar-refractivity contribution is 0.196. The molecule has 0 aromatic heterocycles. The standard InChI is InChI=1S/C21H35N3O3S/c1-4-22-21(24-17-7-6-8-18(14-17)28-5-2)23-15-16-9-10-19(27-12-11-25)20(13-16)26-3/h9-10,13,17-18,25H,4-8,11-12,14-15H2,1-3H3,(H2,22,23,24). The Bertz CT molecular complexity index is 611. The number of nitrogens with one attached hydrogen (secondary N) is 2. The van der Waals surface area contributed by atoms with Crippen LogP contribution in [0.4, 0.5) is 0 Å². The zero-order valence-corrected chi connectivity index (χ0v) is 18.2. The number of rotatable bonds is 10. The second kappa shape index (κ2) is 12.8. The molecular formula is C21H35N3O3S. The number of benzene rings is 1. The number of ether oxygens (including phenoxy) is 2. The molecule has 2 atom stereocenters. The molecule has 2 unspecified atom stereocenters. The Morgan fingerprint density at radius 3 is 2.86 bits per heavy atom. The molecule has 0 saturated heterocycles. The quantitative estimate of drug-likeness (QED) is 0.407. The van der Waals surface area contributed by atoms with Crippen molar-refractivity contribution in [2.24, 2.45) is 4.99 Å². The van der Waals surface area contributed by atoms with Crippen molar-refractivity contribution in [3.63, 3.8) is 0 Å². The SMILES string of the molecule is CCNC(=NCc1ccc(OCCO)c(OC)c1)NC1CCCC(SCC)C1. The zero-order chi connectivity index (χ0) is 20.2. The molecule has 1 aromatic rings. The zero-order valence-electron chi connectivity index (χ0n) is 17.4. The molecule has 1 aliphatic carbocycles. The number of nitrogens with zero attached hydrogens (tertiary/aromatic N) is 1. The number of methoxy groups -OCH3 is 1. The van der Waals surface area contributed by atoms with E-state index in [1.54, 1.807) is 7.11 Å². The molecule has 28 heavy (non-hydrogen) atoms. The highest BCUT2D eigenvalue weighted by Gasteiger charge is 2.22. The van der Waals surface area contributed by atoms with E-state index in [2.05, 4.69) is 36.2 Å². The largest absolute Gasteiger partial charge is 0.493 e. The van der Waals surface area contributed by atoms with Gasteiger partial charge in [-0.05, 0) is 49.6 Å². The highest BCUT2D eigenvalue weighted by atomic mass is 32.2. The Kier molecular flexibility index (Phi) is 10.4. The molecule has 1 fully saturated rings. The number of hydrogen-bond acceptors (Lipinski definition) is 5. The predicted octanol–water partition coefficient (Wildman–Crippen LogP) is 3.19. The maximum Gasteiger partial charge on any atom is 0.191 e. The molecule has 1 saturated carbocycles. The van der Waals surface area contributed by atoms with Gasteiger partial charge in [0.15, 0.2) is 17.5 Å². The lowest BCUT2D eigenvalue weighted by atomic mass is 9.95. The summed E-state index contributed by atoms with van der Waals surface area (Å²) in [5.41, 5.74) is 1.05. The second-order valence-electron chi connectivity index (χ2n) is 6.84. The van der Waals surface area contributed by atoms with E-state index in [0.29, 0.717) is 24.1 Å². The maximum absolute atomic E-state index is 8.92. The minimum Gasteiger partial charge on any atom is -0.493 e. The van der Waals surface area contributed by atoms with Crippen LogP contribution in [0.25, 0.3) is 0 Å². The van der Waals surface area contributed by atoms with Crippen LogP contribution >= 0.6 is 11.8 Å². The van der Waals surface area contributed by atoms with Gasteiger partial charge < -0.3 is 25.2 Å². The fraction of sp³-hybridized carbons (Fsp3) is 0.667. The fourth-order valence-corrected chi connectivity index (χ4v) is 4.61. The van der Waals surface area contributed by atoms with Gasteiger partial charge >= 0.3 is 0 Å². The van der Waals surface area contributed by atoms with Crippen LogP contribution in [0.5, 0.6) is 11.5 Å². The van der Waals surface area contributed by atoms with Crippen molar-refractivity contribution in [1.29, 1.82) is 0 Å². The lowest BCUT2D eigenvalue weighted by Crippen LogP contribution is -2.45. The second-order valence-corrected chi connectivity index (χ2v) is 8.42. The van der Waals surface area contributed by atoms with Gasteiger partial charge in [-0.1, -0.05) is 19.4 Å². The van der Waals surface area contributed by atoms with Crippen LogP contribution < -0.4 is 20.1 Å². The Morgan fingerprint density at radius 2 is 2.14 bits per heavy atom. The van der Waals surface area contributed by atoms with E-state index in [9.17, 15) is 0 Å². The number of hydrogen-bond donors (Lipinski definition) is 3. The molecular weight excluding hydrogens is 374 g/mol. The summed E-state index contributed by atoms with van der Waals surface area (Å²) in [5, 5.41) is 16.7. The van der Waals surface area contributed by atoms with E-state index in [0.717, 1.165) is 23.3 Å². The van der Waals surface area contributed by atoms with Gasteiger partial charge in [0, 0.05) is 17.8 Å². The van der Waals surface area contributed by atoms with Gasteiger partial charge in [-0.3, -0.25) is 0 Å². The van der Waals surface area contributed by atoms with Crippen molar-refractivity contribution in [3.05, 3.63) is 23.8 Å². The average Bonchev–Trinajstić information content (AvgIpc) is 2.71. The topological polar surface area (TPSA) is 75.1 Å². The minimum atomic E-state index is -0.0221. The Hall–Kier alpha value is -1.60. The molecule has 0 spiro atoms. The first-order valence-corrected chi connectivity index (χ1v) is 11.3. The molecule has 0 aliphatic heterocycles. The molecule has 3 N–H and O–H groups in total. The fourth-order valence-electron chi connectivity index (χ4n) is 3.43. The van der Waals surface area contributed by atoms with Gasteiger partial charge in [-0.2, -0.15) is 11.8 Å². The summed E-state index contributed by atoms with van der Waals surface area (Å²) in [4.78, 5) is 4.77. The van der Waals surface area contributed by atoms with E-state index >= 15 is 0 Å². The summed E-state index contributed by atoms with van der Waals surface area (Å²) < 4.78 is 10.9. The maximum atomic E-state index is 8.92. The van der Waals surface area contributed by atoms with E-state index in [4.69, 9.17) is 19.6 Å². The summed E-state index contributed by atoms with van der Waals surface area (Å²) in [6, 6.07) is 6.28. The summed E-state index contributed by atoms with van der Waals surface area (Å²) in [5.74, 6) is 3.35. The van der Waals surface area contributed by atoms with Crippen molar-refractivity contribution < 1.29 is 14.6 Å². The van der Waals surface area contributed by atoms with Gasteiger partial charge in [0.1, 0.15) is 6.61 Å². The first kappa shape index (κ1) is 22.7. The van der Waals surface area contributed by atoms with Crippen molar-refractivity contribution in [3.8, 4) is 11.5 Å². The average molecular weight is 410 g/mol. The van der Waals surface area contributed by atoms with Crippen LogP contribution in [-0.4, -0.2) is 55.0 Å². The van der Waals surface area contributed by atoms with Crippen LogP contribution in [0.2, 0.25) is 0 Å².